The Morgan fingerprint density at radius 3 is 2.59 bits per heavy atom. The monoisotopic (exact) mass is 606 g/mol. The summed E-state index contributed by atoms with van der Waals surface area (Å²) in [4.78, 5) is 51.2. The van der Waals surface area contributed by atoms with E-state index in [1.54, 1.807) is 29.9 Å². The maximum Gasteiger partial charge on any atom is 0.277 e. The molecule has 1 aliphatic rings. The molecule has 0 bridgehead atoms. The fourth-order valence-corrected chi connectivity index (χ4v) is 6.33. The van der Waals surface area contributed by atoms with E-state index in [4.69, 9.17) is 11.5 Å². The van der Waals surface area contributed by atoms with Crippen molar-refractivity contribution >= 4 is 45.0 Å². The van der Waals surface area contributed by atoms with Crippen molar-refractivity contribution < 1.29 is 22.8 Å². The highest BCUT2D eigenvalue weighted by Crippen LogP contribution is 2.24. The van der Waals surface area contributed by atoms with Gasteiger partial charge in [-0.05, 0) is 49.3 Å². The van der Waals surface area contributed by atoms with Crippen molar-refractivity contribution in [2.24, 2.45) is 22.4 Å². The molecule has 2 aromatic heterocycles. The molecule has 0 spiro atoms. The molecule has 2 heterocycles. The molecule has 2 aromatic rings. The Hall–Kier alpha value is -3.27. The van der Waals surface area contributed by atoms with Crippen molar-refractivity contribution in [2.45, 2.75) is 76.4 Å². The average Bonchev–Trinajstić information content (AvgIpc) is 3.49. The topological polar surface area (TPSA) is 212 Å². The third-order valence-corrected chi connectivity index (χ3v) is 8.62. The number of pyridine rings is 1. The summed E-state index contributed by atoms with van der Waals surface area (Å²) in [5.74, 6) is -1.24. The molecule has 3 rings (SSSR count). The summed E-state index contributed by atoms with van der Waals surface area (Å²) in [6, 6.07) is 1.70. The average molecular weight is 607 g/mol. The van der Waals surface area contributed by atoms with Crippen LogP contribution < -0.4 is 26.2 Å². The number of nitrogens with zero attached hydrogens (tertiary/aromatic N) is 3. The number of carbonyl (C=O) groups is 3. The van der Waals surface area contributed by atoms with Gasteiger partial charge in [0.2, 0.25) is 11.7 Å². The van der Waals surface area contributed by atoms with E-state index in [1.807, 2.05) is 0 Å². The highest BCUT2D eigenvalue weighted by atomic mass is 32.2. The molecule has 13 nitrogen and oxygen atoms in total. The third-order valence-electron chi connectivity index (χ3n) is 6.71. The highest BCUT2D eigenvalue weighted by Gasteiger charge is 2.30. The number of hydrogen-bond acceptors (Lipinski definition) is 9. The van der Waals surface area contributed by atoms with Crippen LogP contribution in [0.5, 0.6) is 0 Å². The number of guanidine groups is 1. The minimum atomic E-state index is -3.94. The maximum absolute atomic E-state index is 13.2. The smallest absolute Gasteiger partial charge is 0.277 e. The molecule has 7 N–H and O–H groups in total. The summed E-state index contributed by atoms with van der Waals surface area (Å²) in [6.45, 7) is 0.375. The number of carbonyl (C=O) groups excluding carboxylic acids is 3. The molecule has 0 aliphatic heterocycles. The Morgan fingerprint density at radius 2 is 1.88 bits per heavy atom. The molecule has 41 heavy (non-hydrogen) atoms. The Morgan fingerprint density at radius 1 is 1.12 bits per heavy atom. The summed E-state index contributed by atoms with van der Waals surface area (Å²) in [6.07, 6.45) is 8.89. The van der Waals surface area contributed by atoms with E-state index in [0.717, 1.165) is 18.4 Å². The van der Waals surface area contributed by atoms with Crippen LogP contribution in [0.15, 0.2) is 41.1 Å². The van der Waals surface area contributed by atoms with Gasteiger partial charge in [0.1, 0.15) is 0 Å². The summed E-state index contributed by atoms with van der Waals surface area (Å²) in [5, 5.41) is 4.80. The normalized spacial score (nSPS) is 18.9. The van der Waals surface area contributed by atoms with Gasteiger partial charge in [-0.25, -0.2) is 4.98 Å². The van der Waals surface area contributed by atoms with Crippen LogP contribution in [0, 0.1) is 5.92 Å². The molecule has 1 saturated carbocycles. The summed E-state index contributed by atoms with van der Waals surface area (Å²) < 4.78 is 30.3. The maximum atomic E-state index is 13.2. The van der Waals surface area contributed by atoms with Crippen LogP contribution in [0.4, 0.5) is 0 Å². The van der Waals surface area contributed by atoms with Crippen molar-refractivity contribution in [1.82, 2.24) is 24.7 Å². The molecule has 1 amide bonds. The Bertz CT molecular complexity index is 1270. The van der Waals surface area contributed by atoms with Gasteiger partial charge in [0, 0.05) is 49.9 Å². The molecular weight excluding hydrogens is 568 g/mol. The molecule has 0 radical (unpaired) electrons. The van der Waals surface area contributed by atoms with E-state index in [0.29, 0.717) is 43.7 Å². The van der Waals surface area contributed by atoms with Gasteiger partial charge >= 0.3 is 0 Å². The van der Waals surface area contributed by atoms with Crippen LogP contribution in [0.2, 0.25) is 0 Å². The molecule has 1 fully saturated rings. The number of hydrogen-bond donors (Lipinski definition) is 5. The minimum absolute atomic E-state index is 0.0427. The van der Waals surface area contributed by atoms with Crippen LogP contribution in [-0.4, -0.2) is 60.4 Å². The summed E-state index contributed by atoms with van der Waals surface area (Å²) >= 11 is 1.19. The van der Waals surface area contributed by atoms with Crippen molar-refractivity contribution in [3.8, 4) is 0 Å². The molecule has 0 saturated heterocycles. The van der Waals surface area contributed by atoms with Crippen molar-refractivity contribution in [3.05, 3.63) is 46.7 Å². The lowest BCUT2D eigenvalue weighted by Crippen LogP contribution is -2.46. The predicted molar refractivity (Wildman–Crippen MR) is 156 cm³/mol. The minimum Gasteiger partial charge on any atom is -0.370 e. The largest absolute Gasteiger partial charge is 0.370 e. The van der Waals surface area contributed by atoms with Crippen molar-refractivity contribution in [3.63, 3.8) is 0 Å². The van der Waals surface area contributed by atoms with Crippen molar-refractivity contribution in [2.75, 3.05) is 6.54 Å². The molecule has 0 aromatic carbocycles. The molecule has 224 valence electrons. The summed E-state index contributed by atoms with van der Waals surface area (Å²) in [7, 11) is -3.94. The first kappa shape index (κ1) is 32.2. The van der Waals surface area contributed by atoms with E-state index in [9.17, 15) is 22.8 Å². The van der Waals surface area contributed by atoms with Gasteiger partial charge in [0.05, 0.1) is 12.1 Å². The van der Waals surface area contributed by atoms with E-state index in [1.165, 1.54) is 17.5 Å². The van der Waals surface area contributed by atoms with Crippen LogP contribution >= 0.6 is 11.3 Å². The third kappa shape index (κ3) is 11.6. The van der Waals surface area contributed by atoms with Gasteiger partial charge in [-0.1, -0.05) is 19.3 Å². The van der Waals surface area contributed by atoms with E-state index in [2.05, 4.69) is 29.7 Å². The quantitative estimate of drug-likeness (QED) is 0.0903. The lowest BCUT2D eigenvalue weighted by molar-refractivity contribution is -0.124. The number of ketones is 2. The molecular formula is C26H38N8O5S2. The zero-order valence-corrected chi connectivity index (χ0v) is 24.5. The fourth-order valence-electron chi connectivity index (χ4n) is 4.64. The Labute approximate surface area is 244 Å². The lowest BCUT2D eigenvalue weighted by atomic mass is 9.91. The number of nitrogens with two attached hydrogens (primary N) is 2. The van der Waals surface area contributed by atoms with Crippen LogP contribution in [0.25, 0.3) is 0 Å². The van der Waals surface area contributed by atoms with Gasteiger partial charge in [-0.3, -0.25) is 24.4 Å². The number of aliphatic imine (C=N–C) groups is 1. The lowest BCUT2D eigenvalue weighted by Gasteiger charge is -2.21. The van der Waals surface area contributed by atoms with Crippen LogP contribution in [0.1, 0.15) is 73.2 Å². The first-order valence-electron chi connectivity index (χ1n) is 13.6. The van der Waals surface area contributed by atoms with E-state index < -0.39 is 22.3 Å². The first-order chi connectivity index (χ1) is 19.6. The second-order valence-electron chi connectivity index (χ2n) is 10.00. The molecule has 1 aliphatic carbocycles. The Balaban J connectivity index is 1.59. The van der Waals surface area contributed by atoms with Gasteiger partial charge in [0.15, 0.2) is 16.8 Å². The molecule has 3 atom stereocenters. The predicted octanol–water partition coefficient (Wildman–Crippen LogP) is 1.18. The van der Waals surface area contributed by atoms with Crippen LogP contribution in [-0.2, 0) is 26.3 Å². The van der Waals surface area contributed by atoms with Gasteiger partial charge in [-0.2, -0.15) is 17.9 Å². The van der Waals surface area contributed by atoms with E-state index >= 15 is 0 Å². The fraction of sp³-hybridized carbons (Fsp3) is 0.538. The van der Waals surface area contributed by atoms with Gasteiger partial charge < -0.3 is 16.8 Å². The standard InChI is InChI=1S/C26H38N8O5S2/c27-26(28)31-10-4-7-21(24(37)25-30-13-14-40-25)33-23(36)16-19-5-2-1-3-6-20(22(35)15-19)34-41(38,39)32-17-18-8-11-29-12-9-18/h8-9,11-14,19-21,32,34H,1-7,10,15-17H2,(H,33,36)(H4,27,28,31)/t19?,20-,21-/m0/s1. The number of Topliss-reactive ketones (excluding diaryl/α,β-unsaturated/α-hetero) is 2. The van der Waals surface area contributed by atoms with Gasteiger partial charge in [-0.15, -0.1) is 11.3 Å². The second-order valence-corrected chi connectivity index (χ2v) is 12.4. The number of nitrogens with one attached hydrogen (secondary N) is 3. The molecule has 15 heteroatoms. The molecule has 1 unspecified atom stereocenters. The number of amides is 1. The number of aromatic nitrogens is 2. The number of thiazole rings is 1. The van der Waals surface area contributed by atoms with Gasteiger partial charge in [0.25, 0.3) is 10.2 Å². The van der Waals surface area contributed by atoms with Crippen LogP contribution in [0.3, 0.4) is 0 Å². The zero-order valence-electron chi connectivity index (χ0n) is 22.8. The SMILES string of the molecule is NC(N)=NCCC[C@H](NC(=O)CC1CCCCC[C@H](NS(=O)(=O)NCc2ccncc2)C(=O)C1)C(=O)c1nccs1. The van der Waals surface area contributed by atoms with E-state index in [-0.39, 0.29) is 48.7 Å². The second kappa shape index (κ2) is 16.2. The zero-order chi connectivity index (χ0) is 29.7. The van der Waals surface area contributed by atoms with Crippen molar-refractivity contribution in [1.29, 1.82) is 0 Å². The highest BCUT2D eigenvalue weighted by molar-refractivity contribution is 7.87. The summed E-state index contributed by atoms with van der Waals surface area (Å²) in [5.41, 5.74) is 11.5. The Kier molecular flexibility index (Phi) is 12.8. The first-order valence-corrected chi connectivity index (χ1v) is 16.0. The number of rotatable bonds is 14.